The molecule has 0 radical (unpaired) electrons. The number of para-hydroxylation sites is 2. The Labute approximate surface area is 156 Å². The molecule has 134 valence electrons. The van der Waals surface area contributed by atoms with E-state index in [-0.39, 0.29) is 24.7 Å². The van der Waals surface area contributed by atoms with E-state index in [0.717, 1.165) is 5.56 Å². The minimum Gasteiger partial charge on any atom is -0.491 e. The summed E-state index contributed by atoms with van der Waals surface area (Å²) >= 11 is 1.48. The zero-order valence-corrected chi connectivity index (χ0v) is 14.9. The second-order valence-electron chi connectivity index (χ2n) is 5.41. The highest BCUT2D eigenvalue weighted by atomic mass is 32.2. The molecule has 0 aliphatic carbocycles. The molecule has 0 saturated carbocycles. The van der Waals surface area contributed by atoms with Crippen molar-refractivity contribution < 1.29 is 14.3 Å². The molecule has 0 aromatic heterocycles. The number of ether oxygens (including phenoxy) is 1. The molecule has 2 aromatic carbocycles. The number of carbonyl (C=O) groups excluding carboxylic acids is 2. The first-order valence-electron chi connectivity index (χ1n) is 7.95. The third-order valence-corrected chi connectivity index (χ3v) is 4.36. The van der Waals surface area contributed by atoms with E-state index in [1.54, 1.807) is 36.4 Å². The van der Waals surface area contributed by atoms with Gasteiger partial charge in [-0.2, -0.15) is 5.26 Å². The number of hydrogen-bond donors (Lipinski definition) is 2. The number of primary amides is 1. The maximum atomic E-state index is 12.1. The lowest BCUT2D eigenvalue weighted by Crippen LogP contribution is -2.17. The summed E-state index contributed by atoms with van der Waals surface area (Å²) in [5, 5.41) is 11.6. The van der Waals surface area contributed by atoms with Crippen LogP contribution in [0.3, 0.4) is 0 Å². The molecule has 0 heterocycles. The molecule has 7 heteroatoms. The molecule has 2 aromatic rings. The van der Waals surface area contributed by atoms with E-state index in [1.807, 2.05) is 12.1 Å². The van der Waals surface area contributed by atoms with E-state index in [0.29, 0.717) is 22.8 Å². The van der Waals surface area contributed by atoms with Crippen molar-refractivity contribution in [2.24, 2.45) is 5.73 Å². The van der Waals surface area contributed by atoms with Gasteiger partial charge in [-0.1, -0.05) is 24.3 Å². The molecule has 0 atom stereocenters. The number of nitrogens with zero attached hydrogens (tertiary/aromatic N) is 1. The van der Waals surface area contributed by atoms with E-state index in [9.17, 15) is 9.59 Å². The van der Waals surface area contributed by atoms with E-state index in [2.05, 4.69) is 11.4 Å². The highest BCUT2D eigenvalue weighted by molar-refractivity contribution is 7.99. The van der Waals surface area contributed by atoms with Gasteiger partial charge in [-0.05, 0) is 29.8 Å². The number of benzene rings is 2. The highest BCUT2D eigenvalue weighted by Gasteiger charge is 2.08. The van der Waals surface area contributed by atoms with E-state index < -0.39 is 5.91 Å². The summed E-state index contributed by atoms with van der Waals surface area (Å²) in [5.74, 6) is 0.880. The fourth-order valence-corrected chi connectivity index (χ4v) is 2.87. The van der Waals surface area contributed by atoms with Gasteiger partial charge in [-0.25, -0.2) is 0 Å². The molecular formula is C19H19N3O3S. The predicted molar refractivity (Wildman–Crippen MR) is 102 cm³/mol. The van der Waals surface area contributed by atoms with Gasteiger partial charge in [0.2, 0.25) is 11.8 Å². The Hall–Kier alpha value is -2.98. The van der Waals surface area contributed by atoms with Crippen LogP contribution < -0.4 is 15.8 Å². The molecule has 6 nitrogen and oxygen atoms in total. The molecule has 0 unspecified atom stereocenters. The van der Waals surface area contributed by atoms with Crippen molar-refractivity contribution in [1.82, 2.24) is 0 Å². The molecule has 0 spiro atoms. The Bertz CT molecular complexity index is 800. The summed E-state index contributed by atoms with van der Waals surface area (Å²) in [6.45, 7) is 0.162. The molecule has 0 saturated heterocycles. The van der Waals surface area contributed by atoms with Crippen molar-refractivity contribution in [3.05, 3.63) is 59.7 Å². The second kappa shape index (κ2) is 10.1. The number of amides is 2. The van der Waals surface area contributed by atoms with Gasteiger partial charge in [0.15, 0.2) is 0 Å². The third kappa shape index (κ3) is 6.49. The fraction of sp³-hybridized carbons (Fsp3) is 0.211. The minimum atomic E-state index is -0.439. The summed E-state index contributed by atoms with van der Waals surface area (Å²) in [4.78, 5) is 22.9. The molecule has 0 bridgehead atoms. The Morgan fingerprint density at radius 2 is 1.88 bits per heavy atom. The second-order valence-corrected chi connectivity index (χ2v) is 6.40. The number of nitriles is 1. The van der Waals surface area contributed by atoms with Crippen LogP contribution >= 0.6 is 11.8 Å². The summed E-state index contributed by atoms with van der Waals surface area (Å²) in [6, 6.07) is 16.4. The lowest BCUT2D eigenvalue weighted by molar-refractivity contribution is -0.118. The first-order valence-corrected chi connectivity index (χ1v) is 9.10. The first kappa shape index (κ1) is 19.3. The molecule has 26 heavy (non-hydrogen) atoms. The Morgan fingerprint density at radius 3 is 2.58 bits per heavy atom. The average Bonchev–Trinajstić information content (AvgIpc) is 2.63. The van der Waals surface area contributed by atoms with Crippen LogP contribution in [0.5, 0.6) is 5.75 Å². The number of carbonyl (C=O) groups is 2. The van der Waals surface area contributed by atoms with Gasteiger partial charge in [0.1, 0.15) is 5.75 Å². The van der Waals surface area contributed by atoms with E-state index >= 15 is 0 Å². The van der Waals surface area contributed by atoms with Crippen molar-refractivity contribution in [3.63, 3.8) is 0 Å². The molecule has 0 fully saturated rings. The topological polar surface area (TPSA) is 105 Å². The average molecular weight is 369 g/mol. The third-order valence-electron chi connectivity index (χ3n) is 3.35. The van der Waals surface area contributed by atoms with Crippen LogP contribution in [0.2, 0.25) is 0 Å². The summed E-state index contributed by atoms with van der Waals surface area (Å²) in [7, 11) is 0. The minimum absolute atomic E-state index is 0.114. The van der Waals surface area contributed by atoms with Gasteiger partial charge in [-0.3, -0.25) is 9.59 Å². The molecule has 2 rings (SSSR count). The number of anilines is 1. The maximum Gasteiger partial charge on any atom is 0.234 e. The Kier molecular flexibility index (Phi) is 7.52. The summed E-state index contributed by atoms with van der Waals surface area (Å²) < 4.78 is 5.50. The zero-order chi connectivity index (χ0) is 18.8. The molecular weight excluding hydrogens is 350 g/mol. The summed E-state index contributed by atoms with van der Waals surface area (Å²) in [6.07, 6.45) is 0.114. The van der Waals surface area contributed by atoms with Crippen LogP contribution in [0.15, 0.2) is 48.5 Å². The van der Waals surface area contributed by atoms with E-state index in [4.69, 9.17) is 15.7 Å². The van der Waals surface area contributed by atoms with Gasteiger partial charge in [-0.15, -0.1) is 11.8 Å². The standard InChI is InChI=1S/C19H19N3O3S/c20-11-14-5-7-15(8-6-14)12-26-13-19(24)22-16-3-1-2-4-17(16)25-10-9-18(21)23/h1-8H,9-10,12-13H2,(H2,21,23)(H,22,24). The van der Waals surface area contributed by atoms with Gasteiger partial charge in [0, 0.05) is 5.75 Å². The SMILES string of the molecule is N#Cc1ccc(CSCC(=O)Nc2ccccc2OCCC(N)=O)cc1. The molecule has 0 aliphatic rings. The monoisotopic (exact) mass is 369 g/mol. The molecule has 2 amide bonds. The Balaban J connectivity index is 1.81. The number of rotatable bonds is 9. The zero-order valence-electron chi connectivity index (χ0n) is 14.1. The van der Waals surface area contributed by atoms with Crippen LogP contribution in [0, 0.1) is 11.3 Å². The van der Waals surface area contributed by atoms with E-state index in [1.165, 1.54) is 11.8 Å². The van der Waals surface area contributed by atoms with Gasteiger partial charge < -0.3 is 15.8 Å². The van der Waals surface area contributed by atoms with Crippen molar-refractivity contribution in [1.29, 1.82) is 5.26 Å². The van der Waals surface area contributed by atoms with Crippen molar-refractivity contribution in [3.8, 4) is 11.8 Å². The van der Waals surface area contributed by atoms with Crippen LogP contribution in [0.25, 0.3) is 0 Å². The quantitative estimate of drug-likeness (QED) is 0.707. The maximum absolute atomic E-state index is 12.1. The smallest absolute Gasteiger partial charge is 0.234 e. The van der Waals surface area contributed by atoms with Gasteiger partial charge >= 0.3 is 0 Å². The van der Waals surface area contributed by atoms with Gasteiger partial charge in [0.25, 0.3) is 0 Å². The predicted octanol–water partition coefficient (Wildman–Crippen LogP) is 2.68. The van der Waals surface area contributed by atoms with Crippen molar-refractivity contribution >= 4 is 29.3 Å². The van der Waals surface area contributed by atoms with Crippen LogP contribution in [-0.2, 0) is 15.3 Å². The molecule has 3 N–H and O–H groups in total. The normalized spacial score (nSPS) is 9.96. The first-order chi connectivity index (χ1) is 12.6. The number of hydrogen-bond acceptors (Lipinski definition) is 5. The van der Waals surface area contributed by atoms with Crippen molar-refractivity contribution in [2.75, 3.05) is 17.7 Å². The van der Waals surface area contributed by atoms with Crippen LogP contribution in [-0.4, -0.2) is 24.2 Å². The number of nitrogens with two attached hydrogens (primary N) is 1. The molecule has 0 aliphatic heterocycles. The van der Waals surface area contributed by atoms with Crippen LogP contribution in [0.4, 0.5) is 5.69 Å². The van der Waals surface area contributed by atoms with Crippen molar-refractivity contribution in [2.45, 2.75) is 12.2 Å². The highest BCUT2D eigenvalue weighted by Crippen LogP contribution is 2.24. The largest absolute Gasteiger partial charge is 0.491 e. The van der Waals surface area contributed by atoms with Crippen LogP contribution in [0.1, 0.15) is 17.5 Å². The lowest BCUT2D eigenvalue weighted by Gasteiger charge is -2.12. The fourth-order valence-electron chi connectivity index (χ4n) is 2.08. The summed E-state index contributed by atoms with van der Waals surface area (Å²) in [5.41, 5.74) is 7.31. The lowest BCUT2D eigenvalue weighted by atomic mass is 10.2. The van der Waals surface area contributed by atoms with Gasteiger partial charge in [0.05, 0.1) is 36.1 Å². The number of thioether (sulfide) groups is 1. The Morgan fingerprint density at radius 1 is 1.15 bits per heavy atom. The number of nitrogens with one attached hydrogen (secondary N) is 1.